The van der Waals surface area contributed by atoms with Crippen LogP contribution in [0.3, 0.4) is 0 Å². The number of hydrogen-bond acceptors (Lipinski definition) is 4. The first-order valence-corrected chi connectivity index (χ1v) is 6.17. The molecule has 0 saturated heterocycles. The standard InChI is InChI=1S/C13H19FN2O3/c1-4-5-13(3,17)8-15-11-6-9(2)10(14)7-12(11)16(18)19/h6-7,15,17H,4-5,8H2,1-3H3. The Morgan fingerprint density at radius 3 is 2.68 bits per heavy atom. The summed E-state index contributed by atoms with van der Waals surface area (Å²) in [4.78, 5) is 10.2. The van der Waals surface area contributed by atoms with Gasteiger partial charge in [0.25, 0.3) is 5.69 Å². The molecule has 2 N–H and O–H groups in total. The molecule has 106 valence electrons. The van der Waals surface area contributed by atoms with Crippen molar-refractivity contribution in [3.63, 3.8) is 0 Å². The van der Waals surface area contributed by atoms with E-state index >= 15 is 0 Å². The smallest absolute Gasteiger partial charge is 0.295 e. The highest BCUT2D eigenvalue weighted by Gasteiger charge is 2.22. The molecule has 0 radical (unpaired) electrons. The molecule has 19 heavy (non-hydrogen) atoms. The van der Waals surface area contributed by atoms with E-state index in [2.05, 4.69) is 5.32 Å². The van der Waals surface area contributed by atoms with Gasteiger partial charge in [-0.05, 0) is 31.9 Å². The summed E-state index contributed by atoms with van der Waals surface area (Å²) in [5, 5.41) is 23.7. The molecule has 0 heterocycles. The number of nitro benzene ring substituents is 1. The quantitative estimate of drug-likeness (QED) is 0.615. The zero-order valence-corrected chi connectivity index (χ0v) is 11.4. The van der Waals surface area contributed by atoms with Crippen LogP contribution in [0.5, 0.6) is 0 Å². The Labute approximate surface area is 111 Å². The van der Waals surface area contributed by atoms with Crippen molar-refractivity contribution in [1.82, 2.24) is 0 Å². The maximum Gasteiger partial charge on any atom is 0.295 e. The van der Waals surface area contributed by atoms with Gasteiger partial charge in [-0.1, -0.05) is 13.3 Å². The maximum absolute atomic E-state index is 13.3. The molecule has 5 nitrogen and oxygen atoms in total. The third-order valence-corrected chi connectivity index (χ3v) is 2.92. The zero-order valence-electron chi connectivity index (χ0n) is 11.4. The lowest BCUT2D eigenvalue weighted by Gasteiger charge is -2.23. The summed E-state index contributed by atoms with van der Waals surface area (Å²) in [6, 6.07) is 2.28. The van der Waals surface area contributed by atoms with E-state index in [0.29, 0.717) is 12.0 Å². The van der Waals surface area contributed by atoms with E-state index < -0.39 is 16.3 Å². The number of nitrogens with one attached hydrogen (secondary N) is 1. The monoisotopic (exact) mass is 270 g/mol. The van der Waals surface area contributed by atoms with Crippen molar-refractivity contribution in [1.29, 1.82) is 0 Å². The number of nitro groups is 1. The fourth-order valence-electron chi connectivity index (χ4n) is 1.88. The second-order valence-corrected chi connectivity index (χ2v) is 4.98. The molecule has 6 heteroatoms. The second-order valence-electron chi connectivity index (χ2n) is 4.98. The fraction of sp³-hybridized carbons (Fsp3) is 0.538. The number of anilines is 1. The Bertz CT molecular complexity index is 475. The normalized spacial score (nSPS) is 13.9. The molecule has 0 amide bonds. The van der Waals surface area contributed by atoms with Crippen molar-refractivity contribution in [3.05, 3.63) is 33.6 Å². The summed E-state index contributed by atoms with van der Waals surface area (Å²) in [5.74, 6) is -0.613. The summed E-state index contributed by atoms with van der Waals surface area (Å²) in [5.41, 5.74) is -0.732. The van der Waals surface area contributed by atoms with Gasteiger partial charge in [-0.25, -0.2) is 4.39 Å². The lowest BCUT2D eigenvalue weighted by atomic mass is 10.0. The largest absolute Gasteiger partial charge is 0.388 e. The van der Waals surface area contributed by atoms with Crippen LogP contribution in [-0.2, 0) is 0 Å². The molecule has 1 atom stereocenters. The Morgan fingerprint density at radius 2 is 2.16 bits per heavy atom. The van der Waals surface area contributed by atoms with Crippen LogP contribution in [0.2, 0.25) is 0 Å². The van der Waals surface area contributed by atoms with Crippen LogP contribution in [0.15, 0.2) is 12.1 Å². The fourth-order valence-corrected chi connectivity index (χ4v) is 1.88. The number of rotatable bonds is 6. The van der Waals surface area contributed by atoms with Crippen LogP contribution in [0, 0.1) is 22.9 Å². The van der Waals surface area contributed by atoms with Gasteiger partial charge >= 0.3 is 0 Å². The topological polar surface area (TPSA) is 75.4 Å². The van der Waals surface area contributed by atoms with Gasteiger partial charge in [0.15, 0.2) is 0 Å². The number of nitrogens with zero attached hydrogens (tertiary/aromatic N) is 1. The van der Waals surface area contributed by atoms with E-state index in [1.54, 1.807) is 6.92 Å². The molecular weight excluding hydrogens is 251 g/mol. The van der Waals surface area contributed by atoms with E-state index in [-0.39, 0.29) is 17.9 Å². The van der Waals surface area contributed by atoms with E-state index in [4.69, 9.17) is 0 Å². The Balaban J connectivity index is 2.94. The Kier molecular flexibility index (Phi) is 4.83. The molecule has 0 fully saturated rings. The molecule has 1 rings (SSSR count). The van der Waals surface area contributed by atoms with Crippen LogP contribution in [0.25, 0.3) is 0 Å². The highest BCUT2D eigenvalue weighted by atomic mass is 19.1. The average molecular weight is 270 g/mol. The number of aliphatic hydroxyl groups is 1. The molecule has 1 aromatic rings. The van der Waals surface area contributed by atoms with E-state index in [1.165, 1.54) is 13.0 Å². The molecule has 0 aliphatic heterocycles. The lowest BCUT2D eigenvalue weighted by Crippen LogP contribution is -2.33. The van der Waals surface area contributed by atoms with Gasteiger partial charge in [-0.2, -0.15) is 0 Å². The van der Waals surface area contributed by atoms with Crippen LogP contribution < -0.4 is 5.32 Å². The van der Waals surface area contributed by atoms with Crippen molar-refractivity contribution in [2.45, 2.75) is 39.2 Å². The first-order valence-electron chi connectivity index (χ1n) is 6.17. The molecule has 1 unspecified atom stereocenters. The third kappa shape index (κ3) is 4.17. The van der Waals surface area contributed by atoms with Crippen LogP contribution in [0.4, 0.5) is 15.8 Å². The van der Waals surface area contributed by atoms with Crippen molar-refractivity contribution in [3.8, 4) is 0 Å². The minimum absolute atomic E-state index is 0.173. The highest BCUT2D eigenvalue weighted by molar-refractivity contribution is 5.63. The van der Waals surface area contributed by atoms with Crippen molar-refractivity contribution < 1.29 is 14.4 Å². The molecule has 0 saturated carbocycles. The van der Waals surface area contributed by atoms with E-state index in [0.717, 1.165) is 12.5 Å². The minimum atomic E-state index is -0.953. The molecule has 0 spiro atoms. The van der Waals surface area contributed by atoms with Crippen molar-refractivity contribution >= 4 is 11.4 Å². The first-order chi connectivity index (χ1) is 8.76. The number of aryl methyl sites for hydroxylation is 1. The lowest BCUT2D eigenvalue weighted by molar-refractivity contribution is -0.384. The Hall–Kier alpha value is -1.69. The summed E-state index contributed by atoms with van der Waals surface area (Å²) in [6.07, 6.45) is 1.38. The molecular formula is C13H19FN2O3. The van der Waals surface area contributed by atoms with E-state index in [1.807, 2.05) is 6.92 Å². The summed E-state index contributed by atoms with van der Waals surface area (Å²) < 4.78 is 13.3. The van der Waals surface area contributed by atoms with Crippen LogP contribution in [-0.4, -0.2) is 22.2 Å². The number of halogens is 1. The summed E-state index contributed by atoms with van der Waals surface area (Å²) in [6.45, 7) is 5.31. The predicted octanol–water partition coefficient (Wildman–Crippen LogP) is 3.01. The molecule has 0 bridgehead atoms. The van der Waals surface area contributed by atoms with Gasteiger partial charge in [0.05, 0.1) is 16.6 Å². The van der Waals surface area contributed by atoms with Gasteiger partial charge in [0, 0.05) is 6.54 Å². The SMILES string of the molecule is CCCC(C)(O)CNc1cc(C)c(F)cc1[N+](=O)[O-]. The second kappa shape index (κ2) is 5.97. The van der Waals surface area contributed by atoms with Gasteiger partial charge in [0.2, 0.25) is 0 Å². The maximum atomic E-state index is 13.3. The van der Waals surface area contributed by atoms with Gasteiger partial charge in [-0.15, -0.1) is 0 Å². The molecule has 0 aliphatic rings. The first kappa shape index (κ1) is 15.4. The van der Waals surface area contributed by atoms with Gasteiger partial charge < -0.3 is 10.4 Å². The van der Waals surface area contributed by atoms with Crippen molar-refractivity contribution in [2.24, 2.45) is 0 Å². The average Bonchev–Trinajstić information content (AvgIpc) is 2.30. The number of hydrogen-bond donors (Lipinski definition) is 2. The molecule has 0 aliphatic carbocycles. The highest BCUT2D eigenvalue weighted by Crippen LogP contribution is 2.28. The van der Waals surface area contributed by atoms with Gasteiger partial charge in [0.1, 0.15) is 11.5 Å². The minimum Gasteiger partial charge on any atom is -0.388 e. The zero-order chi connectivity index (χ0) is 14.6. The van der Waals surface area contributed by atoms with Crippen LogP contribution >= 0.6 is 0 Å². The molecule has 0 aromatic heterocycles. The van der Waals surface area contributed by atoms with Crippen molar-refractivity contribution in [2.75, 3.05) is 11.9 Å². The van der Waals surface area contributed by atoms with Crippen LogP contribution in [0.1, 0.15) is 32.3 Å². The van der Waals surface area contributed by atoms with E-state index in [9.17, 15) is 19.6 Å². The Morgan fingerprint density at radius 1 is 1.53 bits per heavy atom. The summed E-state index contributed by atoms with van der Waals surface area (Å²) >= 11 is 0. The summed E-state index contributed by atoms with van der Waals surface area (Å²) in [7, 11) is 0. The third-order valence-electron chi connectivity index (χ3n) is 2.92. The molecule has 1 aromatic carbocycles. The predicted molar refractivity (Wildman–Crippen MR) is 71.8 cm³/mol. The van der Waals surface area contributed by atoms with Gasteiger partial charge in [-0.3, -0.25) is 10.1 Å². The number of benzene rings is 1.